The third kappa shape index (κ3) is 4.82. The minimum Gasteiger partial charge on any atom is -0.507 e. The van der Waals surface area contributed by atoms with Crippen molar-refractivity contribution in [1.29, 1.82) is 0 Å². The van der Waals surface area contributed by atoms with Crippen LogP contribution in [0.15, 0.2) is 72.8 Å². The number of carbonyl (C=O) groups is 1. The summed E-state index contributed by atoms with van der Waals surface area (Å²) in [7, 11) is 0. The summed E-state index contributed by atoms with van der Waals surface area (Å²) in [6.07, 6.45) is 0. The number of hydrogen-bond acceptors (Lipinski definition) is 4. The van der Waals surface area contributed by atoms with Crippen LogP contribution in [-0.4, -0.2) is 29.4 Å². The second-order valence-corrected chi connectivity index (χ2v) is 7.90. The molecule has 0 aliphatic carbocycles. The van der Waals surface area contributed by atoms with Gasteiger partial charge in [0.1, 0.15) is 36.0 Å². The summed E-state index contributed by atoms with van der Waals surface area (Å²) in [5.41, 5.74) is 0.883. The van der Waals surface area contributed by atoms with Crippen LogP contribution in [0.25, 0.3) is 0 Å². The number of phenols is 1. The fourth-order valence-corrected chi connectivity index (χ4v) is 3.67. The molecule has 0 saturated heterocycles. The maximum Gasteiger partial charge on any atom is 0.339 e. The topological polar surface area (TPSA) is 76.0 Å². The summed E-state index contributed by atoms with van der Waals surface area (Å²) in [6.45, 7) is 6.97. The standard InChI is InChI=1S/C26H28O5/c1-18(2)26(3,23-11-7-10-22(24(23)27)25(28)29)19-12-14-21(15-13-19)31-17-16-30-20-8-5-4-6-9-20/h4-15,18,27H,16-17H2,1-3H3,(H,28,29). The summed E-state index contributed by atoms with van der Waals surface area (Å²) in [5, 5.41) is 20.1. The molecular formula is C26H28O5. The SMILES string of the molecule is CC(C)C(C)(c1ccc(OCCOc2ccccc2)cc1)c1cccc(C(=O)O)c1O. The van der Waals surface area contributed by atoms with E-state index >= 15 is 0 Å². The number of benzene rings is 3. The van der Waals surface area contributed by atoms with E-state index < -0.39 is 11.4 Å². The number of carboxylic acid groups (broad SMARTS) is 1. The minimum atomic E-state index is -1.15. The lowest BCUT2D eigenvalue weighted by molar-refractivity contribution is 0.0693. The molecule has 0 bridgehead atoms. The van der Waals surface area contributed by atoms with Crippen LogP contribution in [0.2, 0.25) is 0 Å². The number of aromatic carboxylic acids is 1. The van der Waals surface area contributed by atoms with Crippen molar-refractivity contribution in [3.63, 3.8) is 0 Å². The average Bonchev–Trinajstić information content (AvgIpc) is 2.77. The van der Waals surface area contributed by atoms with Gasteiger partial charge in [-0.2, -0.15) is 0 Å². The second kappa shape index (κ2) is 9.56. The quantitative estimate of drug-likeness (QED) is 0.447. The Balaban J connectivity index is 1.75. The molecule has 0 spiro atoms. The van der Waals surface area contributed by atoms with Crippen LogP contribution >= 0.6 is 0 Å². The van der Waals surface area contributed by atoms with E-state index in [1.165, 1.54) is 6.07 Å². The van der Waals surface area contributed by atoms with E-state index in [0.717, 1.165) is 17.1 Å². The lowest BCUT2D eigenvalue weighted by Gasteiger charge is -2.36. The molecule has 3 rings (SSSR count). The van der Waals surface area contributed by atoms with Gasteiger partial charge >= 0.3 is 5.97 Å². The number of para-hydroxylation sites is 2. The fourth-order valence-electron chi connectivity index (χ4n) is 3.67. The Bertz CT molecular complexity index is 1010. The Morgan fingerprint density at radius 1 is 0.871 bits per heavy atom. The largest absolute Gasteiger partial charge is 0.507 e. The Labute approximate surface area is 182 Å². The molecule has 5 heteroatoms. The highest BCUT2D eigenvalue weighted by Crippen LogP contribution is 2.44. The Hall–Kier alpha value is -3.47. The lowest BCUT2D eigenvalue weighted by atomic mass is 9.68. The third-order valence-corrected chi connectivity index (χ3v) is 5.80. The molecule has 5 nitrogen and oxygen atoms in total. The van der Waals surface area contributed by atoms with E-state index in [2.05, 4.69) is 13.8 Å². The van der Waals surface area contributed by atoms with Gasteiger partial charge in [0.2, 0.25) is 0 Å². The molecule has 3 aromatic carbocycles. The van der Waals surface area contributed by atoms with Crippen molar-refractivity contribution < 1.29 is 24.5 Å². The van der Waals surface area contributed by atoms with Crippen molar-refractivity contribution in [2.45, 2.75) is 26.2 Å². The smallest absolute Gasteiger partial charge is 0.339 e. The van der Waals surface area contributed by atoms with Crippen LogP contribution < -0.4 is 9.47 Å². The molecule has 31 heavy (non-hydrogen) atoms. The fraction of sp³-hybridized carbons (Fsp3) is 0.269. The lowest BCUT2D eigenvalue weighted by Crippen LogP contribution is -2.30. The predicted molar refractivity (Wildman–Crippen MR) is 120 cm³/mol. The molecule has 0 heterocycles. The van der Waals surface area contributed by atoms with Crippen molar-refractivity contribution in [1.82, 2.24) is 0 Å². The molecular weight excluding hydrogens is 392 g/mol. The van der Waals surface area contributed by atoms with Gasteiger partial charge in [-0.3, -0.25) is 0 Å². The van der Waals surface area contributed by atoms with Crippen molar-refractivity contribution in [2.24, 2.45) is 5.92 Å². The van der Waals surface area contributed by atoms with Crippen LogP contribution in [0, 0.1) is 5.92 Å². The van der Waals surface area contributed by atoms with Gasteiger partial charge in [-0.25, -0.2) is 4.79 Å². The van der Waals surface area contributed by atoms with Crippen molar-refractivity contribution in [3.05, 3.63) is 89.5 Å². The first-order valence-electron chi connectivity index (χ1n) is 10.3. The van der Waals surface area contributed by atoms with Crippen LogP contribution in [0.3, 0.4) is 0 Å². The van der Waals surface area contributed by atoms with Gasteiger partial charge in [0.15, 0.2) is 0 Å². The molecule has 0 amide bonds. The van der Waals surface area contributed by atoms with E-state index in [9.17, 15) is 15.0 Å². The highest BCUT2D eigenvalue weighted by molar-refractivity contribution is 5.91. The molecule has 2 N–H and O–H groups in total. The van der Waals surface area contributed by atoms with Gasteiger partial charge in [-0.15, -0.1) is 0 Å². The molecule has 1 atom stereocenters. The first-order chi connectivity index (χ1) is 14.8. The maximum absolute atomic E-state index is 11.5. The zero-order chi connectivity index (χ0) is 22.4. The van der Waals surface area contributed by atoms with Crippen molar-refractivity contribution in [3.8, 4) is 17.2 Å². The van der Waals surface area contributed by atoms with E-state index in [4.69, 9.17) is 9.47 Å². The summed E-state index contributed by atoms with van der Waals surface area (Å²) in [5.74, 6) is 0.289. The average molecular weight is 421 g/mol. The van der Waals surface area contributed by atoms with Gasteiger partial charge < -0.3 is 19.7 Å². The molecule has 0 aliphatic rings. The van der Waals surface area contributed by atoms with Crippen molar-refractivity contribution in [2.75, 3.05) is 13.2 Å². The first kappa shape index (κ1) is 22.2. The van der Waals surface area contributed by atoms with Crippen LogP contribution in [-0.2, 0) is 5.41 Å². The number of ether oxygens (including phenoxy) is 2. The zero-order valence-corrected chi connectivity index (χ0v) is 18.0. The van der Waals surface area contributed by atoms with Crippen LogP contribution in [0.5, 0.6) is 17.2 Å². The molecule has 0 fully saturated rings. The number of rotatable bonds is 9. The molecule has 1 unspecified atom stereocenters. The second-order valence-electron chi connectivity index (χ2n) is 7.90. The highest BCUT2D eigenvalue weighted by Gasteiger charge is 2.36. The van der Waals surface area contributed by atoms with E-state index in [1.807, 2.05) is 61.5 Å². The molecule has 0 radical (unpaired) electrons. The third-order valence-electron chi connectivity index (χ3n) is 5.80. The molecule has 3 aromatic rings. The van der Waals surface area contributed by atoms with Gasteiger partial charge in [-0.05, 0) is 41.8 Å². The first-order valence-corrected chi connectivity index (χ1v) is 10.3. The Morgan fingerprint density at radius 2 is 1.45 bits per heavy atom. The molecule has 162 valence electrons. The normalized spacial score (nSPS) is 12.9. The molecule has 0 aromatic heterocycles. The summed E-state index contributed by atoms with van der Waals surface area (Å²) < 4.78 is 11.4. The highest BCUT2D eigenvalue weighted by atomic mass is 16.5. The monoisotopic (exact) mass is 420 g/mol. The van der Waals surface area contributed by atoms with Crippen LogP contribution in [0.4, 0.5) is 0 Å². The predicted octanol–water partition coefficient (Wildman–Crippen LogP) is 5.51. The number of hydrogen-bond donors (Lipinski definition) is 2. The van der Waals surface area contributed by atoms with E-state index in [-0.39, 0.29) is 17.2 Å². The van der Waals surface area contributed by atoms with Gasteiger partial charge in [0.25, 0.3) is 0 Å². The van der Waals surface area contributed by atoms with E-state index in [1.54, 1.807) is 12.1 Å². The number of carboxylic acids is 1. The molecule has 0 aliphatic heterocycles. The summed E-state index contributed by atoms with van der Waals surface area (Å²) in [6, 6.07) is 22.1. The number of aromatic hydroxyl groups is 1. The Kier molecular flexibility index (Phi) is 6.85. The summed E-state index contributed by atoms with van der Waals surface area (Å²) >= 11 is 0. The Morgan fingerprint density at radius 3 is 2.00 bits per heavy atom. The van der Waals surface area contributed by atoms with Crippen molar-refractivity contribution >= 4 is 5.97 Å². The summed E-state index contributed by atoms with van der Waals surface area (Å²) in [4.78, 5) is 11.5. The van der Waals surface area contributed by atoms with Crippen LogP contribution in [0.1, 0.15) is 42.3 Å². The molecule has 0 saturated carbocycles. The van der Waals surface area contributed by atoms with Gasteiger partial charge in [0.05, 0.1) is 0 Å². The van der Waals surface area contributed by atoms with Gasteiger partial charge in [0, 0.05) is 11.0 Å². The van der Waals surface area contributed by atoms with E-state index in [0.29, 0.717) is 18.8 Å². The zero-order valence-electron chi connectivity index (χ0n) is 18.0. The maximum atomic E-state index is 11.5. The minimum absolute atomic E-state index is 0.0947. The van der Waals surface area contributed by atoms with Gasteiger partial charge in [-0.1, -0.05) is 63.2 Å².